The van der Waals surface area contributed by atoms with E-state index >= 15 is 0 Å². The molecule has 0 bridgehead atoms. The fourth-order valence-corrected chi connectivity index (χ4v) is 3.42. The average molecular weight is 410 g/mol. The van der Waals surface area contributed by atoms with Crippen molar-refractivity contribution in [2.45, 2.75) is 32.6 Å². The van der Waals surface area contributed by atoms with Crippen molar-refractivity contribution in [2.75, 3.05) is 12.4 Å². The summed E-state index contributed by atoms with van der Waals surface area (Å²) in [6.45, 7) is 2.01. The number of hydrogen-bond acceptors (Lipinski definition) is 5. The monoisotopic (exact) mass is 410 g/mol. The molecule has 1 N–H and O–H groups in total. The molecule has 8 heteroatoms. The highest BCUT2D eigenvalue weighted by Crippen LogP contribution is 2.24. The number of carbonyl (C=O) groups excluding carboxylic acids is 1. The van der Waals surface area contributed by atoms with Crippen LogP contribution in [0, 0.1) is 0 Å². The Balaban J connectivity index is 1.94. The lowest BCUT2D eigenvalue weighted by atomic mass is 10.1. The maximum Gasteiger partial charge on any atom is 0.332 e. The van der Waals surface area contributed by atoms with Crippen molar-refractivity contribution in [3.05, 3.63) is 62.4 Å². The Morgan fingerprint density at radius 3 is 2.43 bits per heavy atom. The average Bonchev–Trinajstić information content (AvgIpc) is 2.76. The number of carbonyl (C=O) groups is 1. The zero-order valence-electron chi connectivity index (χ0n) is 17.7. The van der Waals surface area contributed by atoms with Crippen LogP contribution in [-0.4, -0.2) is 27.1 Å². The van der Waals surface area contributed by atoms with Crippen molar-refractivity contribution in [1.82, 2.24) is 14.1 Å². The molecule has 2 aromatic heterocycles. The van der Waals surface area contributed by atoms with Gasteiger partial charge in [0.2, 0.25) is 5.91 Å². The molecule has 0 saturated heterocycles. The largest absolute Gasteiger partial charge is 0.497 e. The first kappa shape index (κ1) is 21.3. The first-order chi connectivity index (χ1) is 14.4. The molecule has 8 nitrogen and oxygen atoms in total. The van der Waals surface area contributed by atoms with Crippen LogP contribution >= 0.6 is 0 Å². The van der Waals surface area contributed by atoms with Crippen LogP contribution in [-0.2, 0) is 31.7 Å². The Labute approximate surface area is 174 Å². The van der Waals surface area contributed by atoms with Crippen molar-refractivity contribution in [3.63, 3.8) is 0 Å². The van der Waals surface area contributed by atoms with Gasteiger partial charge in [0.15, 0.2) is 5.65 Å². The summed E-state index contributed by atoms with van der Waals surface area (Å²) >= 11 is 0. The predicted octanol–water partition coefficient (Wildman–Crippen LogP) is 2.16. The van der Waals surface area contributed by atoms with E-state index in [1.54, 1.807) is 20.4 Å². The van der Waals surface area contributed by atoms with E-state index in [4.69, 9.17) is 4.74 Å². The van der Waals surface area contributed by atoms with Crippen molar-refractivity contribution in [1.29, 1.82) is 0 Å². The fraction of sp³-hybridized carbons (Fsp3) is 0.364. The summed E-state index contributed by atoms with van der Waals surface area (Å²) < 4.78 is 7.50. The van der Waals surface area contributed by atoms with Crippen LogP contribution in [0.1, 0.15) is 30.9 Å². The lowest BCUT2D eigenvalue weighted by molar-refractivity contribution is -0.116. The van der Waals surface area contributed by atoms with E-state index < -0.39 is 11.2 Å². The molecule has 0 unspecified atom stereocenters. The molecule has 158 valence electrons. The minimum atomic E-state index is -0.469. The molecule has 1 aromatic carbocycles. The highest BCUT2D eigenvalue weighted by atomic mass is 16.5. The summed E-state index contributed by atoms with van der Waals surface area (Å²) in [7, 11) is 4.59. The number of fused-ring (bicyclic) bond motifs is 1. The Kier molecular flexibility index (Phi) is 6.34. The Morgan fingerprint density at radius 2 is 1.80 bits per heavy atom. The van der Waals surface area contributed by atoms with E-state index in [0.29, 0.717) is 18.5 Å². The summed E-state index contributed by atoms with van der Waals surface area (Å²) in [5, 5.41) is 3.17. The lowest BCUT2D eigenvalue weighted by Crippen LogP contribution is -2.38. The second kappa shape index (κ2) is 8.94. The normalized spacial score (nSPS) is 10.9. The number of pyridine rings is 1. The molecule has 1 amide bonds. The third kappa shape index (κ3) is 4.12. The summed E-state index contributed by atoms with van der Waals surface area (Å²) in [6, 6.07) is 7.55. The van der Waals surface area contributed by atoms with Crippen LogP contribution in [0.4, 0.5) is 5.69 Å². The number of rotatable bonds is 7. The van der Waals surface area contributed by atoms with Crippen LogP contribution in [0.15, 0.2) is 40.1 Å². The Bertz CT molecular complexity index is 1190. The number of aryl methyl sites for hydroxylation is 3. The van der Waals surface area contributed by atoms with Gasteiger partial charge in [0, 0.05) is 26.7 Å². The molecule has 0 saturated carbocycles. The van der Waals surface area contributed by atoms with Crippen LogP contribution in [0.25, 0.3) is 11.0 Å². The minimum Gasteiger partial charge on any atom is -0.497 e. The van der Waals surface area contributed by atoms with Crippen LogP contribution < -0.4 is 21.3 Å². The highest BCUT2D eigenvalue weighted by molar-refractivity contribution is 6.01. The van der Waals surface area contributed by atoms with Gasteiger partial charge in [-0.2, -0.15) is 0 Å². The molecule has 0 spiro atoms. The highest BCUT2D eigenvalue weighted by Gasteiger charge is 2.18. The number of benzene rings is 1. The Hall–Kier alpha value is -3.42. The van der Waals surface area contributed by atoms with Crippen LogP contribution in [0.3, 0.4) is 0 Å². The summed E-state index contributed by atoms with van der Waals surface area (Å²) in [6.07, 6.45) is 3.92. The standard InChI is InChI=1S/C22H26N4O4/c1-5-6-15-13-23-20-18(21(28)26(3)22(29)25(20)2)19(15)24-17(27)12-9-14-7-10-16(30-4)11-8-14/h7-8,10-11,13H,5-6,9,12H2,1-4H3,(H,23,24,27). The smallest absolute Gasteiger partial charge is 0.332 e. The van der Waals surface area contributed by atoms with Gasteiger partial charge in [-0.15, -0.1) is 0 Å². The number of anilines is 1. The van der Waals surface area contributed by atoms with Crippen molar-refractivity contribution in [2.24, 2.45) is 14.1 Å². The van der Waals surface area contributed by atoms with Gasteiger partial charge < -0.3 is 10.1 Å². The molecule has 0 radical (unpaired) electrons. The molecule has 0 fully saturated rings. The van der Waals surface area contributed by atoms with Crippen molar-refractivity contribution >= 4 is 22.6 Å². The van der Waals surface area contributed by atoms with E-state index in [2.05, 4.69) is 10.3 Å². The van der Waals surface area contributed by atoms with Gasteiger partial charge in [-0.1, -0.05) is 25.5 Å². The number of aromatic nitrogens is 3. The van der Waals surface area contributed by atoms with Gasteiger partial charge in [0.25, 0.3) is 5.56 Å². The maximum atomic E-state index is 12.8. The molecule has 0 atom stereocenters. The molecule has 0 aliphatic heterocycles. The number of nitrogens with zero attached hydrogens (tertiary/aromatic N) is 3. The van der Waals surface area contributed by atoms with Gasteiger partial charge in [0.1, 0.15) is 11.1 Å². The zero-order valence-corrected chi connectivity index (χ0v) is 17.7. The molecule has 0 aliphatic rings. The second-order valence-electron chi connectivity index (χ2n) is 7.21. The van der Waals surface area contributed by atoms with E-state index in [-0.39, 0.29) is 23.4 Å². The molecular weight excluding hydrogens is 384 g/mol. The molecule has 2 heterocycles. The Morgan fingerprint density at radius 1 is 1.10 bits per heavy atom. The molecule has 3 aromatic rings. The van der Waals surface area contributed by atoms with Gasteiger partial charge in [-0.05, 0) is 36.1 Å². The molecule has 0 aliphatic carbocycles. The van der Waals surface area contributed by atoms with E-state index in [0.717, 1.165) is 27.9 Å². The minimum absolute atomic E-state index is 0.202. The summed E-state index contributed by atoms with van der Waals surface area (Å²) in [5.41, 5.74) is 1.56. The van der Waals surface area contributed by atoms with Crippen LogP contribution in [0.5, 0.6) is 5.75 Å². The topological polar surface area (TPSA) is 95.2 Å². The van der Waals surface area contributed by atoms with E-state index in [9.17, 15) is 14.4 Å². The number of nitrogens with one attached hydrogen (secondary N) is 1. The number of methoxy groups -OCH3 is 1. The first-order valence-electron chi connectivity index (χ1n) is 9.87. The summed E-state index contributed by atoms with van der Waals surface area (Å²) in [4.78, 5) is 42.1. The number of hydrogen-bond donors (Lipinski definition) is 1. The number of ether oxygens (including phenoxy) is 1. The lowest BCUT2D eigenvalue weighted by Gasteiger charge is -2.15. The van der Waals surface area contributed by atoms with Crippen LogP contribution in [0.2, 0.25) is 0 Å². The van der Waals surface area contributed by atoms with E-state index in [1.165, 1.54) is 11.6 Å². The fourth-order valence-electron chi connectivity index (χ4n) is 3.42. The van der Waals surface area contributed by atoms with Gasteiger partial charge in [-0.3, -0.25) is 18.7 Å². The molecule has 30 heavy (non-hydrogen) atoms. The van der Waals surface area contributed by atoms with Crippen molar-refractivity contribution in [3.8, 4) is 5.75 Å². The molecule has 3 rings (SSSR count). The quantitative estimate of drug-likeness (QED) is 0.644. The van der Waals surface area contributed by atoms with E-state index in [1.807, 2.05) is 31.2 Å². The maximum absolute atomic E-state index is 12.8. The molecular formula is C22H26N4O4. The summed E-state index contributed by atoms with van der Waals surface area (Å²) in [5.74, 6) is 0.559. The zero-order chi connectivity index (χ0) is 21.8. The van der Waals surface area contributed by atoms with Gasteiger partial charge in [0.05, 0.1) is 12.8 Å². The van der Waals surface area contributed by atoms with Gasteiger partial charge >= 0.3 is 5.69 Å². The van der Waals surface area contributed by atoms with Gasteiger partial charge in [-0.25, -0.2) is 9.78 Å². The predicted molar refractivity (Wildman–Crippen MR) is 116 cm³/mol. The third-order valence-corrected chi connectivity index (χ3v) is 5.13. The second-order valence-corrected chi connectivity index (χ2v) is 7.21. The first-order valence-corrected chi connectivity index (χ1v) is 9.87. The third-order valence-electron chi connectivity index (χ3n) is 5.13. The SMILES string of the molecule is CCCc1cnc2c(c1NC(=O)CCc1ccc(OC)cc1)c(=O)n(C)c(=O)n2C. The van der Waals surface area contributed by atoms with Crippen molar-refractivity contribution < 1.29 is 9.53 Å². The number of amides is 1.